The maximum Gasteiger partial charge on any atom is 0.534 e. The fourth-order valence-corrected chi connectivity index (χ4v) is 1.94. The molecule has 0 aromatic heterocycles. The second kappa shape index (κ2) is 4.48. The van der Waals surface area contributed by atoms with Gasteiger partial charge in [0.1, 0.15) is 5.76 Å². The summed E-state index contributed by atoms with van der Waals surface area (Å²) in [6, 6.07) is 0. The quantitative estimate of drug-likeness (QED) is 0.576. The summed E-state index contributed by atoms with van der Waals surface area (Å²) in [6.07, 6.45) is 3.42. The standard InChI is InChI=1S/C9H11F3O3S/c1-2-7-5-3-4-6-8(7)15-16(13,14)9(10,11)12/h2H,1,3-6H2. The summed E-state index contributed by atoms with van der Waals surface area (Å²) in [4.78, 5) is 0. The first-order chi connectivity index (χ1) is 7.28. The molecule has 0 spiro atoms. The van der Waals surface area contributed by atoms with Crippen LogP contribution in [0.1, 0.15) is 25.7 Å². The highest BCUT2D eigenvalue weighted by Gasteiger charge is 2.49. The van der Waals surface area contributed by atoms with Gasteiger partial charge in [-0.1, -0.05) is 12.7 Å². The van der Waals surface area contributed by atoms with Crippen molar-refractivity contribution in [3.63, 3.8) is 0 Å². The Morgan fingerprint density at radius 1 is 1.25 bits per heavy atom. The Hall–Kier alpha value is -0.980. The lowest BCUT2D eigenvalue weighted by atomic mass is 9.98. The van der Waals surface area contributed by atoms with Crippen LogP contribution < -0.4 is 0 Å². The van der Waals surface area contributed by atoms with Crippen LogP contribution in [0, 0.1) is 0 Å². The zero-order valence-electron chi connectivity index (χ0n) is 8.38. The van der Waals surface area contributed by atoms with Crippen LogP contribution in [0.15, 0.2) is 24.0 Å². The smallest absolute Gasteiger partial charge is 0.380 e. The Morgan fingerprint density at radius 3 is 2.31 bits per heavy atom. The van der Waals surface area contributed by atoms with Gasteiger partial charge >= 0.3 is 15.6 Å². The summed E-state index contributed by atoms with van der Waals surface area (Å²) in [7, 11) is -5.55. The minimum absolute atomic E-state index is 0.140. The van der Waals surface area contributed by atoms with E-state index in [-0.39, 0.29) is 12.2 Å². The Morgan fingerprint density at radius 2 is 1.81 bits per heavy atom. The molecule has 3 nitrogen and oxygen atoms in total. The molecule has 0 aromatic carbocycles. The molecule has 0 amide bonds. The molecule has 0 radical (unpaired) electrons. The van der Waals surface area contributed by atoms with Crippen LogP contribution in [0.2, 0.25) is 0 Å². The fraction of sp³-hybridized carbons (Fsp3) is 0.556. The SMILES string of the molecule is C=CC1=C(OS(=O)(=O)C(F)(F)F)CCCC1. The maximum atomic E-state index is 12.1. The molecule has 0 aromatic rings. The molecule has 1 aliphatic rings. The first-order valence-electron chi connectivity index (χ1n) is 4.63. The van der Waals surface area contributed by atoms with E-state index in [4.69, 9.17) is 0 Å². The number of rotatable bonds is 3. The van der Waals surface area contributed by atoms with E-state index in [9.17, 15) is 21.6 Å². The number of hydrogen-bond donors (Lipinski definition) is 0. The Balaban J connectivity index is 2.97. The van der Waals surface area contributed by atoms with E-state index in [1.807, 2.05) is 0 Å². The summed E-state index contributed by atoms with van der Waals surface area (Å²) < 4.78 is 61.8. The maximum absolute atomic E-state index is 12.1. The predicted molar refractivity (Wildman–Crippen MR) is 51.8 cm³/mol. The average Bonchev–Trinajstić information content (AvgIpc) is 2.16. The number of alkyl halides is 3. The first-order valence-corrected chi connectivity index (χ1v) is 6.04. The van der Waals surface area contributed by atoms with Gasteiger partial charge in [-0.2, -0.15) is 21.6 Å². The van der Waals surface area contributed by atoms with Gasteiger partial charge in [-0.15, -0.1) is 0 Å². The molecule has 92 valence electrons. The molecule has 1 rings (SSSR count). The van der Waals surface area contributed by atoms with Crippen molar-refractivity contribution in [3.05, 3.63) is 24.0 Å². The Labute approximate surface area is 91.7 Å². The van der Waals surface area contributed by atoms with Crippen LogP contribution in [0.5, 0.6) is 0 Å². The third-order valence-electron chi connectivity index (χ3n) is 2.20. The highest BCUT2D eigenvalue weighted by atomic mass is 32.2. The summed E-state index contributed by atoms with van der Waals surface area (Å²) in [6.45, 7) is 3.41. The third kappa shape index (κ3) is 2.78. The lowest BCUT2D eigenvalue weighted by Crippen LogP contribution is -2.26. The Bertz CT molecular complexity index is 406. The van der Waals surface area contributed by atoms with E-state index in [2.05, 4.69) is 10.8 Å². The zero-order chi connectivity index (χ0) is 12.4. The molecule has 16 heavy (non-hydrogen) atoms. The average molecular weight is 256 g/mol. The molecule has 0 heterocycles. The van der Waals surface area contributed by atoms with Crippen LogP contribution >= 0.6 is 0 Å². The lowest BCUT2D eigenvalue weighted by molar-refractivity contribution is -0.0524. The van der Waals surface area contributed by atoms with E-state index in [0.717, 1.165) is 6.42 Å². The zero-order valence-corrected chi connectivity index (χ0v) is 9.20. The second-order valence-electron chi connectivity index (χ2n) is 3.34. The molecule has 0 fully saturated rings. The molecule has 0 unspecified atom stereocenters. The third-order valence-corrected chi connectivity index (χ3v) is 3.19. The van der Waals surface area contributed by atoms with Crippen LogP contribution in [0.25, 0.3) is 0 Å². The van der Waals surface area contributed by atoms with Gasteiger partial charge in [0.05, 0.1) is 0 Å². The highest BCUT2D eigenvalue weighted by Crippen LogP contribution is 2.32. The molecule has 0 saturated carbocycles. The topological polar surface area (TPSA) is 43.4 Å². The van der Waals surface area contributed by atoms with E-state index >= 15 is 0 Å². The molecule has 0 bridgehead atoms. The Kier molecular flexibility index (Phi) is 3.67. The molecule has 0 saturated heterocycles. The molecule has 0 atom stereocenters. The van der Waals surface area contributed by atoms with Crippen molar-refractivity contribution in [2.75, 3.05) is 0 Å². The molecule has 7 heteroatoms. The van der Waals surface area contributed by atoms with Crippen LogP contribution in [-0.2, 0) is 14.3 Å². The molecule has 0 N–H and O–H groups in total. The minimum Gasteiger partial charge on any atom is -0.380 e. The highest BCUT2D eigenvalue weighted by molar-refractivity contribution is 7.87. The number of hydrogen-bond acceptors (Lipinski definition) is 3. The molecule has 0 aliphatic heterocycles. The first kappa shape index (κ1) is 13.1. The van der Waals surface area contributed by atoms with E-state index in [1.54, 1.807) is 0 Å². The van der Waals surface area contributed by atoms with Gasteiger partial charge in [0.25, 0.3) is 0 Å². The van der Waals surface area contributed by atoms with Crippen molar-refractivity contribution in [3.8, 4) is 0 Å². The van der Waals surface area contributed by atoms with Crippen molar-refractivity contribution in [2.45, 2.75) is 31.2 Å². The van der Waals surface area contributed by atoms with Crippen molar-refractivity contribution in [1.29, 1.82) is 0 Å². The normalized spacial score (nSPS) is 18.4. The van der Waals surface area contributed by atoms with Gasteiger partial charge in [0.2, 0.25) is 0 Å². The van der Waals surface area contributed by atoms with Gasteiger partial charge in [0, 0.05) is 6.42 Å². The lowest BCUT2D eigenvalue weighted by Gasteiger charge is -2.18. The summed E-state index contributed by atoms with van der Waals surface area (Å²) in [5.41, 5.74) is -4.96. The van der Waals surface area contributed by atoms with Crippen molar-refractivity contribution in [2.24, 2.45) is 0 Å². The molecular formula is C9H11F3O3S. The summed E-state index contributed by atoms with van der Waals surface area (Å²) in [5, 5.41) is 0. The van der Waals surface area contributed by atoms with Crippen LogP contribution in [-0.4, -0.2) is 13.9 Å². The van der Waals surface area contributed by atoms with E-state index < -0.39 is 15.6 Å². The largest absolute Gasteiger partial charge is 0.534 e. The van der Waals surface area contributed by atoms with Crippen molar-refractivity contribution >= 4 is 10.1 Å². The molecule has 1 aliphatic carbocycles. The van der Waals surface area contributed by atoms with E-state index in [1.165, 1.54) is 6.08 Å². The number of allylic oxidation sites excluding steroid dienone is 3. The van der Waals surface area contributed by atoms with Crippen molar-refractivity contribution < 1.29 is 25.8 Å². The number of halogens is 3. The second-order valence-corrected chi connectivity index (χ2v) is 4.88. The van der Waals surface area contributed by atoms with Gasteiger partial charge in [0.15, 0.2) is 0 Å². The van der Waals surface area contributed by atoms with Crippen LogP contribution in [0.4, 0.5) is 13.2 Å². The van der Waals surface area contributed by atoms with Gasteiger partial charge in [-0.05, 0) is 24.8 Å². The van der Waals surface area contributed by atoms with Gasteiger partial charge < -0.3 is 4.18 Å². The van der Waals surface area contributed by atoms with E-state index in [0.29, 0.717) is 18.4 Å². The van der Waals surface area contributed by atoms with Crippen LogP contribution in [0.3, 0.4) is 0 Å². The summed E-state index contributed by atoms with van der Waals surface area (Å²) in [5.74, 6) is -0.140. The predicted octanol–water partition coefficient (Wildman–Crippen LogP) is 2.87. The summed E-state index contributed by atoms with van der Waals surface area (Å²) >= 11 is 0. The van der Waals surface area contributed by atoms with Gasteiger partial charge in [-0.25, -0.2) is 0 Å². The monoisotopic (exact) mass is 256 g/mol. The molecular weight excluding hydrogens is 245 g/mol. The fourth-order valence-electron chi connectivity index (χ4n) is 1.39. The van der Waals surface area contributed by atoms with Gasteiger partial charge in [-0.3, -0.25) is 0 Å². The van der Waals surface area contributed by atoms with Crippen molar-refractivity contribution in [1.82, 2.24) is 0 Å². The minimum atomic E-state index is -5.55.